The largest absolute Gasteiger partial charge is 0.493 e. The third kappa shape index (κ3) is 4.66. The maximum atomic E-state index is 5.71. The molecule has 0 fully saturated rings. The van der Waals surface area contributed by atoms with Crippen molar-refractivity contribution in [3.63, 3.8) is 0 Å². The van der Waals surface area contributed by atoms with Gasteiger partial charge in [0.2, 0.25) is 0 Å². The number of benzene rings is 2. The summed E-state index contributed by atoms with van der Waals surface area (Å²) in [6.07, 6.45) is 1.92. The molecule has 0 spiro atoms. The van der Waals surface area contributed by atoms with Gasteiger partial charge in [0.25, 0.3) is 0 Å². The van der Waals surface area contributed by atoms with Gasteiger partial charge in [-0.1, -0.05) is 37.3 Å². The van der Waals surface area contributed by atoms with Crippen molar-refractivity contribution in [1.29, 1.82) is 0 Å². The molecule has 0 N–H and O–H groups in total. The van der Waals surface area contributed by atoms with Crippen LogP contribution in [0.4, 0.5) is 0 Å². The van der Waals surface area contributed by atoms with Gasteiger partial charge in [0.15, 0.2) is 0 Å². The molecule has 19 heavy (non-hydrogen) atoms. The molecule has 0 unspecified atom stereocenters. The Morgan fingerprint density at radius 2 is 1.47 bits per heavy atom. The topological polar surface area (TPSA) is 18.5 Å². The molecule has 0 aliphatic rings. The molecular formula is C17H20O2. The van der Waals surface area contributed by atoms with Crippen LogP contribution in [0.3, 0.4) is 0 Å². The predicted molar refractivity (Wildman–Crippen MR) is 77.9 cm³/mol. The van der Waals surface area contributed by atoms with Crippen LogP contribution in [0.25, 0.3) is 0 Å². The summed E-state index contributed by atoms with van der Waals surface area (Å²) in [5.41, 5.74) is 1.30. The maximum absolute atomic E-state index is 5.71. The molecule has 2 aromatic carbocycles. The second-order valence-electron chi connectivity index (χ2n) is 4.36. The van der Waals surface area contributed by atoms with E-state index in [4.69, 9.17) is 9.47 Å². The fourth-order valence-corrected chi connectivity index (χ4v) is 1.81. The quantitative estimate of drug-likeness (QED) is 0.694. The number of ether oxygens (including phenoxy) is 2. The first-order valence-corrected chi connectivity index (χ1v) is 6.78. The molecule has 0 saturated carbocycles. The third-order valence-corrected chi connectivity index (χ3v) is 2.88. The highest BCUT2D eigenvalue weighted by atomic mass is 16.5. The zero-order chi connectivity index (χ0) is 13.3. The summed E-state index contributed by atoms with van der Waals surface area (Å²) in [4.78, 5) is 0. The van der Waals surface area contributed by atoms with Gasteiger partial charge in [-0.3, -0.25) is 0 Å². The summed E-state index contributed by atoms with van der Waals surface area (Å²) in [7, 11) is 0. The van der Waals surface area contributed by atoms with E-state index in [1.54, 1.807) is 0 Å². The lowest BCUT2D eigenvalue weighted by Gasteiger charge is -2.08. The molecule has 2 rings (SSSR count). The maximum Gasteiger partial charge on any atom is 0.119 e. The molecule has 0 radical (unpaired) electrons. The van der Waals surface area contributed by atoms with Gasteiger partial charge in [-0.15, -0.1) is 0 Å². The first kappa shape index (κ1) is 13.5. The van der Waals surface area contributed by atoms with Gasteiger partial charge in [0.05, 0.1) is 13.2 Å². The summed E-state index contributed by atoms with van der Waals surface area (Å²) >= 11 is 0. The molecule has 100 valence electrons. The number of hydrogen-bond acceptors (Lipinski definition) is 2. The predicted octanol–water partition coefficient (Wildman–Crippen LogP) is 4.10. The standard InChI is InChI=1S/C17H20O2/c1-2-15-8-6-11-17(14-15)19-13-7-12-18-16-9-4-3-5-10-16/h3-6,8-11,14H,2,7,12-13H2,1H3. The lowest BCUT2D eigenvalue weighted by atomic mass is 10.2. The average Bonchev–Trinajstić information content (AvgIpc) is 2.48. The third-order valence-electron chi connectivity index (χ3n) is 2.88. The van der Waals surface area contributed by atoms with Crippen molar-refractivity contribution < 1.29 is 9.47 Å². The normalized spacial score (nSPS) is 10.2. The summed E-state index contributed by atoms with van der Waals surface area (Å²) in [6, 6.07) is 18.1. The lowest BCUT2D eigenvalue weighted by Crippen LogP contribution is -2.05. The first-order valence-electron chi connectivity index (χ1n) is 6.78. The molecule has 2 nitrogen and oxygen atoms in total. The average molecular weight is 256 g/mol. The van der Waals surface area contributed by atoms with Crippen molar-refractivity contribution in [3.05, 3.63) is 60.2 Å². The van der Waals surface area contributed by atoms with Gasteiger partial charge in [0, 0.05) is 6.42 Å². The molecule has 0 aliphatic carbocycles. The van der Waals surface area contributed by atoms with Gasteiger partial charge < -0.3 is 9.47 Å². The SMILES string of the molecule is CCc1cccc(OCCCOc2ccccc2)c1. The molecule has 0 heterocycles. The van der Waals surface area contributed by atoms with E-state index in [9.17, 15) is 0 Å². The summed E-state index contributed by atoms with van der Waals surface area (Å²) in [5, 5.41) is 0. The Morgan fingerprint density at radius 1 is 0.789 bits per heavy atom. The van der Waals surface area contributed by atoms with Crippen LogP contribution in [-0.4, -0.2) is 13.2 Å². The van der Waals surface area contributed by atoms with Crippen LogP contribution in [0.5, 0.6) is 11.5 Å². The Hall–Kier alpha value is -1.96. The van der Waals surface area contributed by atoms with E-state index in [1.165, 1.54) is 5.56 Å². The van der Waals surface area contributed by atoms with Gasteiger partial charge in [-0.25, -0.2) is 0 Å². The highest BCUT2D eigenvalue weighted by Gasteiger charge is 1.96. The fraction of sp³-hybridized carbons (Fsp3) is 0.294. The molecule has 2 aromatic rings. The van der Waals surface area contributed by atoms with E-state index in [1.807, 2.05) is 42.5 Å². The Balaban J connectivity index is 1.66. The smallest absolute Gasteiger partial charge is 0.119 e. The molecule has 2 heteroatoms. The zero-order valence-electron chi connectivity index (χ0n) is 11.3. The highest BCUT2D eigenvalue weighted by Crippen LogP contribution is 2.14. The minimum Gasteiger partial charge on any atom is -0.493 e. The van der Waals surface area contributed by atoms with Gasteiger partial charge in [-0.05, 0) is 36.2 Å². The molecular weight excluding hydrogens is 236 g/mol. The van der Waals surface area contributed by atoms with E-state index in [0.717, 1.165) is 24.3 Å². The number of hydrogen-bond donors (Lipinski definition) is 0. The minimum absolute atomic E-state index is 0.678. The van der Waals surface area contributed by atoms with E-state index >= 15 is 0 Å². The van der Waals surface area contributed by atoms with Crippen LogP contribution < -0.4 is 9.47 Å². The van der Waals surface area contributed by atoms with Gasteiger partial charge >= 0.3 is 0 Å². The van der Waals surface area contributed by atoms with E-state index in [-0.39, 0.29) is 0 Å². The van der Waals surface area contributed by atoms with Crippen molar-refractivity contribution in [2.45, 2.75) is 19.8 Å². The number of aryl methyl sites for hydroxylation is 1. The zero-order valence-corrected chi connectivity index (χ0v) is 11.3. The lowest BCUT2D eigenvalue weighted by molar-refractivity contribution is 0.247. The Kier molecular flexibility index (Phi) is 5.30. The van der Waals surface area contributed by atoms with Crippen LogP contribution in [0, 0.1) is 0 Å². The fourth-order valence-electron chi connectivity index (χ4n) is 1.81. The second-order valence-corrected chi connectivity index (χ2v) is 4.36. The second kappa shape index (κ2) is 7.47. The number of para-hydroxylation sites is 1. The van der Waals surface area contributed by atoms with Crippen LogP contribution in [0.2, 0.25) is 0 Å². The summed E-state index contributed by atoms with van der Waals surface area (Å²) < 4.78 is 11.3. The van der Waals surface area contributed by atoms with Crippen molar-refractivity contribution in [1.82, 2.24) is 0 Å². The van der Waals surface area contributed by atoms with Crippen molar-refractivity contribution >= 4 is 0 Å². The molecule has 0 aromatic heterocycles. The number of rotatable bonds is 7. The van der Waals surface area contributed by atoms with Crippen molar-refractivity contribution in [2.75, 3.05) is 13.2 Å². The van der Waals surface area contributed by atoms with Crippen LogP contribution in [0.15, 0.2) is 54.6 Å². The molecule has 0 amide bonds. The Labute approximate surface area is 115 Å². The van der Waals surface area contributed by atoms with E-state index in [0.29, 0.717) is 13.2 Å². The molecule has 0 saturated heterocycles. The summed E-state index contributed by atoms with van der Waals surface area (Å²) in [5.74, 6) is 1.86. The Morgan fingerprint density at radius 3 is 2.21 bits per heavy atom. The van der Waals surface area contributed by atoms with E-state index in [2.05, 4.69) is 19.1 Å². The van der Waals surface area contributed by atoms with Gasteiger partial charge in [0.1, 0.15) is 11.5 Å². The van der Waals surface area contributed by atoms with Crippen LogP contribution in [-0.2, 0) is 6.42 Å². The van der Waals surface area contributed by atoms with Gasteiger partial charge in [-0.2, -0.15) is 0 Å². The summed E-state index contributed by atoms with van der Waals surface area (Å²) in [6.45, 7) is 3.50. The first-order chi connectivity index (χ1) is 9.38. The van der Waals surface area contributed by atoms with Crippen molar-refractivity contribution in [3.8, 4) is 11.5 Å². The van der Waals surface area contributed by atoms with E-state index < -0.39 is 0 Å². The monoisotopic (exact) mass is 256 g/mol. The van der Waals surface area contributed by atoms with Crippen molar-refractivity contribution in [2.24, 2.45) is 0 Å². The molecule has 0 bridgehead atoms. The Bertz CT molecular complexity index is 480. The van der Waals surface area contributed by atoms with Crippen LogP contribution in [0.1, 0.15) is 18.9 Å². The molecule has 0 atom stereocenters. The molecule has 0 aliphatic heterocycles. The highest BCUT2D eigenvalue weighted by molar-refractivity contribution is 5.28. The minimum atomic E-state index is 0.678. The van der Waals surface area contributed by atoms with Crippen LogP contribution >= 0.6 is 0 Å².